The molecule has 0 saturated carbocycles. The number of aliphatic hydroxyl groups is 1. The first-order chi connectivity index (χ1) is 7.08. The number of hydrogen-bond donors (Lipinski definition) is 2. The first-order valence-electron chi connectivity index (χ1n) is 5.72. The highest BCUT2D eigenvalue weighted by atomic mass is 16.3. The largest absolute Gasteiger partial charge is 0.393 e. The number of hydrogen-bond acceptors (Lipinski definition) is 2. The van der Waals surface area contributed by atoms with Crippen molar-refractivity contribution in [1.82, 2.24) is 5.32 Å². The highest BCUT2D eigenvalue weighted by molar-refractivity contribution is 5.76. The van der Waals surface area contributed by atoms with E-state index >= 15 is 0 Å². The maximum atomic E-state index is 11.6. The van der Waals surface area contributed by atoms with E-state index in [9.17, 15) is 4.79 Å². The molecule has 0 aromatic carbocycles. The molecule has 0 aliphatic heterocycles. The fourth-order valence-electron chi connectivity index (χ4n) is 2.01. The molecule has 0 saturated heterocycles. The highest BCUT2D eigenvalue weighted by Crippen LogP contribution is 2.20. The first-order valence-corrected chi connectivity index (χ1v) is 5.72. The maximum Gasteiger partial charge on any atom is 0.220 e. The summed E-state index contributed by atoms with van der Waals surface area (Å²) in [5.41, 5.74) is 0. The maximum absolute atomic E-state index is 11.6. The van der Waals surface area contributed by atoms with E-state index in [-0.39, 0.29) is 18.1 Å². The van der Waals surface area contributed by atoms with Crippen molar-refractivity contribution in [3.8, 4) is 0 Å². The molecule has 0 radical (unpaired) electrons. The molecule has 3 heteroatoms. The van der Waals surface area contributed by atoms with Gasteiger partial charge in [-0.25, -0.2) is 0 Å². The predicted molar refractivity (Wildman–Crippen MR) is 60.4 cm³/mol. The molecule has 0 bridgehead atoms. The van der Waals surface area contributed by atoms with E-state index in [1.807, 2.05) is 6.92 Å². The van der Waals surface area contributed by atoms with Gasteiger partial charge in [0.15, 0.2) is 0 Å². The van der Waals surface area contributed by atoms with E-state index in [4.69, 9.17) is 5.11 Å². The van der Waals surface area contributed by atoms with Gasteiger partial charge < -0.3 is 10.4 Å². The van der Waals surface area contributed by atoms with Crippen LogP contribution in [0.25, 0.3) is 0 Å². The van der Waals surface area contributed by atoms with E-state index in [0.29, 0.717) is 18.8 Å². The normalized spacial score (nSPS) is 23.8. The number of aliphatic hydroxyl groups excluding tert-OH is 1. The third-order valence-electron chi connectivity index (χ3n) is 2.66. The minimum absolute atomic E-state index is 0.0582. The van der Waals surface area contributed by atoms with E-state index < -0.39 is 0 Å². The van der Waals surface area contributed by atoms with Crippen molar-refractivity contribution in [3.63, 3.8) is 0 Å². The number of amides is 1. The van der Waals surface area contributed by atoms with E-state index in [1.165, 1.54) is 0 Å². The van der Waals surface area contributed by atoms with Crippen LogP contribution in [0.15, 0.2) is 12.2 Å². The predicted octanol–water partition coefficient (Wildman–Crippen LogP) is 1.62. The van der Waals surface area contributed by atoms with E-state index in [0.717, 1.165) is 12.8 Å². The van der Waals surface area contributed by atoms with Crippen LogP contribution in [0.5, 0.6) is 0 Å². The minimum atomic E-state index is -0.355. The summed E-state index contributed by atoms with van der Waals surface area (Å²) in [5, 5.41) is 12.1. The molecule has 0 aromatic heterocycles. The summed E-state index contributed by atoms with van der Waals surface area (Å²) in [6, 6.07) is 0.0582. The second-order valence-corrected chi connectivity index (χ2v) is 4.52. The SMILES string of the molecule is CC(O)CC(C)NC(=O)CC1C=CCC1. The van der Waals surface area contributed by atoms with E-state index in [2.05, 4.69) is 17.5 Å². The summed E-state index contributed by atoms with van der Waals surface area (Å²) < 4.78 is 0. The molecule has 1 amide bonds. The van der Waals surface area contributed by atoms with Gasteiger partial charge in [0.25, 0.3) is 0 Å². The van der Waals surface area contributed by atoms with Gasteiger partial charge in [-0.3, -0.25) is 4.79 Å². The van der Waals surface area contributed by atoms with Gasteiger partial charge in [-0.15, -0.1) is 0 Å². The van der Waals surface area contributed by atoms with Crippen molar-refractivity contribution >= 4 is 5.91 Å². The van der Waals surface area contributed by atoms with Crippen LogP contribution in [0, 0.1) is 5.92 Å². The fourth-order valence-corrected chi connectivity index (χ4v) is 2.01. The molecule has 0 fully saturated rings. The van der Waals surface area contributed by atoms with Crippen molar-refractivity contribution in [2.45, 2.75) is 51.7 Å². The number of nitrogens with one attached hydrogen (secondary N) is 1. The van der Waals surface area contributed by atoms with Gasteiger partial charge in [0.2, 0.25) is 5.91 Å². The zero-order valence-corrected chi connectivity index (χ0v) is 9.57. The second-order valence-electron chi connectivity index (χ2n) is 4.52. The Bertz CT molecular complexity index is 236. The molecular formula is C12H21NO2. The first kappa shape index (κ1) is 12.2. The summed E-state index contributed by atoms with van der Waals surface area (Å²) in [7, 11) is 0. The monoisotopic (exact) mass is 211 g/mol. The molecule has 3 unspecified atom stereocenters. The lowest BCUT2D eigenvalue weighted by Gasteiger charge is -2.16. The van der Waals surface area contributed by atoms with Crippen molar-refractivity contribution in [2.24, 2.45) is 5.92 Å². The minimum Gasteiger partial charge on any atom is -0.393 e. The average Bonchev–Trinajstić information content (AvgIpc) is 2.53. The average molecular weight is 211 g/mol. The van der Waals surface area contributed by atoms with Crippen LogP contribution in [-0.4, -0.2) is 23.2 Å². The van der Waals surface area contributed by atoms with E-state index in [1.54, 1.807) is 6.92 Å². The van der Waals surface area contributed by atoms with Crippen molar-refractivity contribution in [1.29, 1.82) is 0 Å². The molecule has 1 rings (SSSR count). The standard InChI is InChI=1S/C12H21NO2/c1-9(7-10(2)14)13-12(15)8-11-5-3-4-6-11/h3,5,9-11,14H,4,6-8H2,1-2H3,(H,13,15). The molecule has 0 spiro atoms. The van der Waals surface area contributed by atoms with Gasteiger partial charge in [0.05, 0.1) is 6.10 Å². The summed E-state index contributed by atoms with van der Waals surface area (Å²) in [4.78, 5) is 11.6. The Morgan fingerprint density at radius 3 is 2.87 bits per heavy atom. The van der Waals surface area contributed by atoms with Crippen LogP contribution >= 0.6 is 0 Å². The van der Waals surface area contributed by atoms with Crippen LogP contribution < -0.4 is 5.32 Å². The Morgan fingerprint density at radius 1 is 1.60 bits per heavy atom. The molecule has 15 heavy (non-hydrogen) atoms. The number of rotatable bonds is 5. The topological polar surface area (TPSA) is 49.3 Å². The van der Waals surface area contributed by atoms with Crippen LogP contribution in [0.4, 0.5) is 0 Å². The smallest absolute Gasteiger partial charge is 0.220 e. The van der Waals surface area contributed by atoms with Crippen LogP contribution in [0.2, 0.25) is 0 Å². The molecule has 3 atom stereocenters. The number of carbonyl (C=O) groups excluding carboxylic acids is 1. The van der Waals surface area contributed by atoms with Crippen LogP contribution in [0.3, 0.4) is 0 Å². The Hall–Kier alpha value is -0.830. The molecule has 1 aliphatic carbocycles. The molecule has 3 nitrogen and oxygen atoms in total. The van der Waals surface area contributed by atoms with Gasteiger partial charge in [-0.1, -0.05) is 12.2 Å². The van der Waals surface area contributed by atoms with Crippen molar-refractivity contribution in [3.05, 3.63) is 12.2 Å². The van der Waals surface area contributed by atoms with Gasteiger partial charge >= 0.3 is 0 Å². The zero-order valence-electron chi connectivity index (χ0n) is 9.57. The van der Waals surface area contributed by atoms with Gasteiger partial charge in [-0.2, -0.15) is 0 Å². The third kappa shape index (κ3) is 4.98. The Kier molecular flexibility index (Phi) is 4.82. The number of carbonyl (C=O) groups is 1. The molecule has 0 aromatic rings. The summed E-state index contributed by atoms with van der Waals surface area (Å²) >= 11 is 0. The second kappa shape index (κ2) is 5.91. The number of allylic oxidation sites excluding steroid dienone is 2. The van der Waals surface area contributed by atoms with Crippen LogP contribution in [0.1, 0.15) is 39.5 Å². The summed E-state index contributed by atoms with van der Waals surface area (Å²) in [5.74, 6) is 0.517. The highest BCUT2D eigenvalue weighted by Gasteiger charge is 2.15. The van der Waals surface area contributed by atoms with Crippen molar-refractivity contribution in [2.75, 3.05) is 0 Å². The third-order valence-corrected chi connectivity index (χ3v) is 2.66. The Labute approximate surface area is 91.6 Å². The van der Waals surface area contributed by atoms with Crippen LogP contribution in [-0.2, 0) is 4.79 Å². The summed E-state index contributed by atoms with van der Waals surface area (Å²) in [6.45, 7) is 3.66. The Morgan fingerprint density at radius 2 is 2.33 bits per heavy atom. The quantitative estimate of drug-likeness (QED) is 0.679. The summed E-state index contributed by atoms with van der Waals surface area (Å²) in [6.07, 6.45) is 7.30. The lowest BCUT2D eigenvalue weighted by molar-refractivity contribution is -0.122. The molecule has 1 aliphatic rings. The molecular weight excluding hydrogens is 190 g/mol. The lowest BCUT2D eigenvalue weighted by Crippen LogP contribution is -2.35. The Balaban J connectivity index is 2.20. The van der Waals surface area contributed by atoms with Gasteiger partial charge in [0.1, 0.15) is 0 Å². The molecule has 2 N–H and O–H groups in total. The van der Waals surface area contributed by atoms with Gasteiger partial charge in [0, 0.05) is 12.5 Å². The molecule has 0 heterocycles. The molecule has 86 valence electrons. The van der Waals surface area contributed by atoms with Gasteiger partial charge in [-0.05, 0) is 39.0 Å². The zero-order chi connectivity index (χ0) is 11.3. The lowest BCUT2D eigenvalue weighted by atomic mass is 10.0. The van der Waals surface area contributed by atoms with Crippen molar-refractivity contribution < 1.29 is 9.90 Å². The fraction of sp³-hybridized carbons (Fsp3) is 0.750.